The van der Waals surface area contributed by atoms with E-state index in [1.165, 1.54) is 6.07 Å². The highest BCUT2D eigenvalue weighted by atomic mass is 19.1. The van der Waals surface area contributed by atoms with Crippen LogP contribution < -0.4 is 15.9 Å². The maximum atomic E-state index is 14.7. The van der Waals surface area contributed by atoms with E-state index in [0.29, 0.717) is 48.6 Å². The van der Waals surface area contributed by atoms with Crippen LogP contribution in [0.1, 0.15) is 44.6 Å². The molecule has 0 radical (unpaired) electrons. The average molecular weight is 428 g/mol. The molecule has 3 heterocycles. The zero-order chi connectivity index (χ0) is 22.1. The number of hydrogen-bond acceptors (Lipinski definition) is 4. The predicted octanol–water partition coefficient (Wildman–Crippen LogP) is 4.02. The second kappa shape index (κ2) is 8.61. The van der Waals surface area contributed by atoms with Gasteiger partial charge in [-0.25, -0.2) is 18.8 Å². The summed E-state index contributed by atoms with van der Waals surface area (Å²) in [6.45, 7) is 6.09. The molecule has 164 valence electrons. The number of fused-ring (bicyclic) bond motifs is 1. The Bertz CT molecular complexity index is 1180. The smallest absolute Gasteiger partial charge is 0.252 e. The van der Waals surface area contributed by atoms with Gasteiger partial charge >= 0.3 is 0 Å². The largest absolute Gasteiger partial charge is 0.478 e. The molecule has 2 aromatic heterocycles. The van der Waals surface area contributed by atoms with Crippen molar-refractivity contribution < 1.29 is 13.5 Å². The van der Waals surface area contributed by atoms with Gasteiger partial charge in [0.1, 0.15) is 12.0 Å². The van der Waals surface area contributed by atoms with Gasteiger partial charge < -0.3 is 9.30 Å². The molecule has 6 nitrogen and oxygen atoms in total. The third-order valence-electron chi connectivity index (χ3n) is 5.72. The number of aryl methyl sites for hydroxylation is 2. The van der Waals surface area contributed by atoms with E-state index in [2.05, 4.69) is 9.97 Å². The van der Waals surface area contributed by atoms with E-state index in [4.69, 9.17) is 9.73 Å². The normalized spacial score (nSPS) is 23.4. The average Bonchev–Trinajstić information content (AvgIpc) is 3.15. The van der Waals surface area contributed by atoms with Crippen LogP contribution in [0.15, 0.2) is 51.5 Å². The highest BCUT2D eigenvalue weighted by Gasteiger charge is 2.32. The van der Waals surface area contributed by atoms with Gasteiger partial charge in [-0.3, -0.25) is 9.78 Å². The fourth-order valence-electron chi connectivity index (χ4n) is 4.19. The van der Waals surface area contributed by atoms with E-state index in [9.17, 15) is 13.6 Å². The van der Waals surface area contributed by atoms with Crippen molar-refractivity contribution in [2.24, 2.45) is 10.9 Å². The Kier molecular flexibility index (Phi) is 5.89. The van der Waals surface area contributed by atoms with Crippen molar-refractivity contribution in [2.75, 3.05) is 6.61 Å². The Balaban J connectivity index is 1.85. The number of alkyl halides is 1. The van der Waals surface area contributed by atoms with E-state index in [1.807, 2.05) is 18.4 Å². The number of aromatic nitrogens is 3. The molecule has 0 bridgehead atoms. The van der Waals surface area contributed by atoms with Crippen molar-refractivity contribution in [3.63, 3.8) is 0 Å². The molecule has 1 aliphatic heterocycles. The van der Waals surface area contributed by atoms with Crippen LogP contribution in [0.2, 0.25) is 0 Å². The molecule has 2 aromatic rings. The summed E-state index contributed by atoms with van der Waals surface area (Å²) in [6.07, 6.45) is 3.20. The fourth-order valence-corrected chi connectivity index (χ4v) is 4.19. The lowest BCUT2D eigenvalue weighted by molar-refractivity contribution is 0.320. The van der Waals surface area contributed by atoms with Crippen molar-refractivity contribution >= 4 is 5.69 Å². The van der Waals surface area contributed by atoms with Crippen LogP contribution in [0, 0.1) is 5.92 Å². The quantitative estimate of drug-likeness (QED) is 0.782. The number of allylic oxidation sites excluding steroid dienone is 4. The summed E-state index contributed by atoms with van der Waals surface area (Å²) in [7, 11) is 0. The number of hydrogen-bond donors (Lipinski definition) is 1. The lowest BCUT2D eigenvalue weighted by atomic mass is 9.90. The van der Waals surface area contributed by atoms with E-state index in [-0.39, 0.29) is 11.6 Å². The number of nitrogens with zero attached hydrogens (tertiary/aromatic N) is 3. The molecule has 0 spiro atoms. The summed E-state index contributed by atoms with van der Waals surface area (Å²) in [4.78, 5) is 24.2. The summed E-state index contributed by atoms with van der Waals surface area (Å²) in [5.74, 6) is -0.445. The van der Waals surface area contributed by atoms with E-state index in [1.54, 1.807) is 25.1 Å². The Morgan fingerprint density at radius 3 is 2.87 bits per heavy atom. The number of aromatic amines is 1. The Hall–Kier alpha value is -3.03. The van der Waals surface area contributed by atoms with Gasteiger partial charge in [0, 0.05) is 29.3 Å². The Labute approximate surface area is 179 Å². The van der Waals surface area contributed by atoms with Gasteiger partial charge in [-0.1, -0.05) is 19.9 Å². The van der Waals surface area contributed by atoms with Crippen LogP contribution in [0.3, 0.4) is 0 Å². The van der Waals surface area contributed by atoms with Gasteiger partial charge in [0.25, 0.3) is 5.56 Å². The summed E-state index contributed by atoms with van der Waals surface area (Å²) in [5, 5.41) is 0. The van der Waals surface area contributed by atoms with Crippen molar-refractivity contribution in [3.8, 4) is 5.88 Å². The zero-order valence-electron chi connectivity index (χ0n) is 17.9. The molecule has 4 rings (SSSR count). The van der Waals surface area contributed by atoms with Gasteiger partial charge in [-0.05, 0) is 38.3 Å². The molecule has 0 amide bonds. The third kappa shape index (κ3) is 4.11. The number of nitrogens with one attached hydrogen (secondary N) is 1. The zero-order valence-corrected chi connectivity index (χ0v) is 17.9. The number of rotatable bonds is 5. The van der Waals surface area contributed by atoms with Crippen LogP contribution in [0.5, 0.6) is 5.88 Å². The van der Waals surface area contributed by atoms with E-state index < -0.39 is 17.9 Å². The molecule has 0 saturated carbocycles. The van der Waals surface area contributed by atoms with Crippen LogP contribution in [0.25, 0.3) is 0 Å². The first-order chi connectivity index (χ1) is 14.9. The number of halogens is 2. The predicted molar refractivity (Wildman–Crippen MR) is 114 cm³/mol. The van der Waals surface area contributed by atoms with Crippen LogP contribution in [-0.4, -0.2) is 27.3 Å². The second-order valence-electron chi connectivity index (χ2n) is 7.83. The maximum Gasteiger partial charge on any atom is 0.252 e. The SMILES string of the molecule is CCOc1ccc(/N=c2\[nH]c(=O)cc3n2C(C2=CC(C)C(F)C=C2F)CC3)c(CC)n1. The van der Waals surface area contributed by atoms with Crippen LogP contribution in [0.4, 0.5) is 14.5 Å². The third-order valence-corrected chi connectivity index (χ3v) is 5.72. The summed E-state index contributed by atoms with van der Waals surface area (Å²) < 4.78 is 35.9. The minimum absolute atomic E-state index is 0.270. The van der Waals surface area contributed by atoms with Crippen LogP contribution >= 0.6 is 0 Å². The summed E-state index contributed by atoms with van der Waals surface area (Å²) in [6, 6.07) is 4.69. The van der Waals surface area contributed by atoms with Gasteiger partial charge in [0.15, 0.2) is 0 Å². The number of pyridine rings is 1. The van der Waals surface area contributed by atoms with Crippen molar-refractivity contribution in [3.05, 3.63) is 69.1 Å². The molecular weight excluding hydrogens is 402 g/mol. The first-order valence-corrected chi connectivity index (χ1v) is 10.7. The van der Waals surface area contributed by atoms with Crippen molar-refractivity contribution in [2.45, 2.75) is 52.2 Å². The highest BCUT2D eigenvalue weighted by molar-refractivity contribution is 5.44. The second-order valence-corrected chi connectivity index (χ2v) is 7.83. The van der Waals surface area contributed by atoms with Crippen molar-refractivity contribution in [1.82, 2.24) is 14.5 Å². The van der Waals surface area contributed by atoms with Gasteiger partial charge in [-0.2, -0.15) is 0 Å². The molecule has 1 aliphatic carbocycles. The molecule has 0 fully saturated rings. The van der Waals surface area contributed by atoms with Crippen molar-refractivity contribution in [1.29, 1.82) is 0 Å². The molecular formula is C23H26F2N4O2. The Morgan fingerprint density at radius 2 is 2.13 bits per heavy atom. The van der Waals surface area contributed by atoms with E-state index >= 15 is 0 Å². The lowest BCUT2D eigenvalue weighted by Gasteiger charge is -2.24. The molecule has 3 unspecified atom stereocenters. The number of H-pyrrole nitrogens is 1. The topological polar surface area (TPSA) is 72.3 Å². The fraction of sp³-hybridized carbons (Fsp3) is 0.435. The van der Waals surface area contributed by atoms with E-state index in [0.717, 1.165) is 17.5 Å². The molecule has 1 N–H and O–H groups in total. The maximum absolute atomic E-state index is 14.7. The van der Waals surface area contributed by atoms with Gasteiger partial charge in [0.05, 0.1) is 24.0 Å². The van der Waals surface area contributed by atoms with Gasteiger partial charge in [0.2, 0.25) is 11.5 Å². The first-order valence-electron chi connectivity index (χ1n) is 10.7. The Morgan fingerprint density at radius 1 is 1.32 bits per heavy atom. The molecule has 8 heteroatoms. The first kappa shape index (κ1) is 21.2. The molecule has 3 atom stereocenters. The van der Waals surface area contributed by atoms with Gasteiger partial charge in [-0.15, -0.1) is 0 Å². The number of ether oxygens (including phenoxy) is 1. The van der Waals surface area contributed by atoms with Crippen LogP contribution in [-0.2, 0) is 12.8 Å². The molecule has 0 saturated heterocycles. The monoisotopic (exact) mass is 428 g/mol. The minimum Gasteiger partial charge on any atom is -0.478 e. The highest BCUT2D eigenvalue weighted by Crippen LogP contribution is 2.38. The summed E-state index contributed by atoms with van der Waals surface area (Å²) in [5.41, 5.74) is 2.61. The molecule has 2 aliphatic rings. The lowest BCUT2D eigenvalue weighted by Crippen LogP contribution is -2.33. The molecule has 0 aromatic carbocycles. The minimum atomic E-state index is -1.34. The summed E-state index contributed by atoms with van der Waals surface area (Å²) >= 11 is 0. The molecule has 31 heavy (non-hydrogen) atoms. The standard InChI is InChI=1S/C23H26F2N4O2/c1-4-18-19(7-9-22(26-18)31-5-2)27-23-28-21(30)11-14-6-8-20(29(14)23)15-10-13(3)16(24)12-17(15)25/h7,9-13,16,20H,4-6,8H2,1-3H3,(H,27,28,30).